The third-order valence-corrected chi connectivity index (χ3v) is 5.52. The Morgan fingerprint density at radius 3 is 2.32 bits per heavy atom. The maximum absolute atomic E-state index is 14.5. The normalized spacial score (nSPS) is 12.6. The van der Waals surface area contributed by atoms with Crippen molar-refractivity contribution in [2.24, 2.45) is 0 Å². The molecule has 1 N–H and O–H groups in total. The van der Waals surface area contributed by atoms with E-state index in [-0.39, 0.29) is 5.69 Å². The molecule has 5 rings (SSSR count). The molecule has 0 fully saturated rings. The van der Waals surface area contributed by atoms with Crippen molar-refractivity contribution in [2.75, 3.05) is 5.32 Å². The van der Waals surface area contributed by atoms with E-state index in [1.807, 2.05) is 48.5 Å². The zero-order chi connectivity index (χ0) is 21.4. The quantitative estimate of drug-likeness (QED) is 0.387. The predicted octanol–water partition coefficient (Wildman–Crippen LogP) is 6.46. The minimum atomic E-state index is -1.52. The van der Waals surface area contributed by atoms with E-state index in [1.165, 1.54) is 6.07 Å². The lowest BCUT2D eigenvalue weighted by Crippen LogP contribution is -2.06. The number of hydrogen-bond acceptors (Lipinski definition) is 3. The first-order valence-electron chi connectivity index (χ1n) is 10.1. The Morgan fingerprint density at radius 1 is 0.774 bits per heavy atom. The van der Waals surface area contributed by atoms with Crippen LogP contribution in [0.15, 0.2) is 66.9 Å². The molecule has 0 radical (unpaired) electrons. The Kier molecular flexibility index (Phi) is 4.90. The number of benzene rings is 2. The Bertz CT molecular complexity index is 1260. The molecule has 1 aliphatic rings. The van der Waals surface area contributed by atoms with Gasteiger partial charge in [-0.1, -0.05) is 36.4 Å². The largest absolute Gasteiger partial charge is 0.337 e. The van der Waals surface area contributed by atoms with Crippen LogP contribution in [-0.4, -0.2) is 9.97 Å². The van der Waals surface area contributed by atoms with E-state index in [1.54, 1.807) is 6.20 Å². The molecule has 0 saturated carbocycles. The highest BCUT2D eigenvalue weighted by atomic mass is 19.2. The summed E-state index contributed by atoms with van der Waals surface area (Å²) in [5.41, 5.74) is 5.27. The molecule has 2 heterocycles. The second-order valence-corrected chi connectivity index (χ2v) is 7.42. The molecule has 154 valence electrons. The van der Waals surface area contributed by atoms with Crippen molar-refractivity contribution in [2.45, 2.75) is 19.3 Å². The number of rotatable bonds is 4. The Balaban J connectivity index is 1.75. The molecule has 0 spiro atoms. The third kappa shape index (κ3) is 3.44. The lowest BCUT2D eigenvalue weighted by atomic mass is 9.95. The zero-order valence-electron chi connectivity index (χ0n) is 16.5. The number of nitrogens with zero attached hydrogens (tertiary/aromatic N) is 2. The first-order chi connectivity index (χ1) is 15.1. The molecule has 0 saturated heterocycles. The van der Waals surface area contributed by atoms with Gasteiger partial charge in [0.1, 0.15) is 5.82 Å². The minimum Gasteiger partial charge on any atom is -0.337 e. The minimum absolute atomic E-state index is 0.173. The van der Waals surface area contributed by atoms with Gasteiger partial charge in [0, 0.05) is 11.8 Å². The van der Waals surface area contributed by atoms with Gasteiger partial charge >= 0.3 is 0 Å². The van der Waals surface area contributed by atoms with Crippen LogP contribution in [0, 0.1) is 17.5 Å². The molecule has 3 nitrogen and oxygen atoms in total. The number of aromatic nitrogens is 2. The van der Waals surface area contributed by atoms with Crippen LogP contribution in [0.1, 0.15) is 17.5 Å². The van der Waals surface area contributed by atoms with Crippen molar-refractivity contribution in [3.63, 3.8) is 0 Å². The van der Waals surface area contributed by atoms with E-state index in [2.05, 4.69) is 10.3 Å². The van der Waals surface area contributed by atoms with Crippen molar-refractivity contribution in [1.29, 1.82) is 0 Å². The molecular formula is C25H18F3N3. The predicted molar refractivity (Wildman–Crippen MR) is 115 cm³/mol. The Labute approximate surface area is 177 Å². The number of hydrogen-bond donors (Lipinski definition) is 1. The molecule has 0 amide bonds. The SMILES string of the molecule is Fc1ccc(Nc2nc(-c3ccccn3)c3c(c2-c2ccccc2)CCC3)c(F)c1F. The molecule has 0 aliphatic heterocycles. The molecular weight excluding hydrogens is 399 g/mol. The topological polar surface area (TPSA) is 37.8 Å². The second kappa shape index (κ2) is 7.87. The molecule has 31 heavy (non-hydrogen) atoms. The van der Waals surface area contributed by atoms with Gasteiger partial charge in [-0.2, -0.15) is 0 Å². The molecule has 2 aromatic carbocycles. The van der Waals surface area contributed by atoms with Crippen LogP contribution in [0.3, 0.4) is 0 Å². The molecule has 0 bridgehead atoms. The molecule has 6 heteroatoms. The van der Waals surface area contributed by atoms with Crippen LogP contribution < -0.4 is 5.32 Å². The van der Waals surface area contributed by atoms with Crippen LogP contribution in [0.5, 0.6) is 0 Å². The average molecular weight is 417 g/mol. The van der Waals surface area contributed by atoms with Gasteiger partial charge in [-0.25, -0.2) is 18.2 Å². The molecule has 2 aromatic heterocycles. The highest BCUT2D eigenvalue weighted by Crippen LogP contribution is 2.42. The fourth-order valence-electron chi connectivity index (χ4n) is 4.13. The average Bonchev–Trinajstić information content (AvgIpc) is 3.29. The monoisotopic (exact) mass is 417 g/mol. The molecule has 0 unspecified atom stereocenters. The summed E-state index contributed by atoms with van der Waals surface area (Å²) < 4.78 is 41.8. The first-order valence-corrected chi connectivity index (χ1v) is 10.1. The fraction of sp³-hybridized carbons (Fsp3) is 0.120. The zero-order valence-corrected chi connectivity index (χ0v) is 16.5. The fourth-order valence-corrected chi connectivity index (χ4v) is 4.13. The van der Waals surface area contributed by atoms with Crippen molar-refractivity contribution < 1.29 is 13.2 Å². The number of halogens is 3. The number of fused-ring (bicyclic) bond motifs is 1. The molecule has 0 atom stereocenters. The first kappa shape index (κ1) is 19.3. The third-order valence-electron chi connectivity index (χ3n) is 5.52. The molecule has 1 aliphatic carbocycles. The van der Waals surface area contributed by atoms with Crippen LogP contribution in [0.2, 0.25) is 0 Å². The highest BCUT2D eigenvalue weighted by Gasteiger charge is 2.26. The van der Waals surface area contributed by atoms with Gasteiger partial charge in [0.2, 0.25) is 0 Å². The summed E-state index contributed by atoms with van der Waals surface area (Å²) in [5, 5.41) is 2.93. The van der Waals surface area contributed by atoms with Crippen molar-refractivity contribution in [3.05, 3.63) is 95.4 Å². The summed E-state index contributed by atoms with van der Waals surface area (Å²) in [6.07, 6.45) is 4.38. The lowest BCUT2D eigenvalue weighted by Gasteiger charge is -2.19. The van der Waals surface area contributed by atoms with Gasteiger partial charge in [0.25, 0.3) is 0 Å². The Morgan fingerprint density at radius 2 is 1.55 bits per heavy atom. The summed E-state index contributed by atoms with van der Waals surface area (Å²) in [6, 6.07) is 17.4. The number of nitrogens with one attached hydrogen (secondary N) is 1. The standard InChI is InChI=1S/C25H18F3N3/c26-18-12-13-19(23(28)22(18)27)30-25-21(15-7-2-1-3-8-15)16-9-6-10-17(16)24(31-25)20-11-4-5-14-29-20/h1-5,7-8,11-14H,6,9-10H2,(H,30,31). The van der Waals surface area contributed by atoms with Crippen molar-refractivity contribution >= 4 is 11.5 Å². The molecule has 4 aromatic rings. The van der Waals surface area contributed by atoms with Crippen molar-refractivity contribution in [3.8, 4) is 22.5 Å². The van der Waals surface area contributed by atoms with E-state index in [0.717, 1.165) is 53.3 Å². The summed E-state index contributed by atoms with van der Waals surface area (Å²) in [5.74, 6) is -3.64. The summed E-state index contributed by atoms with van der Waals surface area (Å²) in [6.45, 7) is 0. The maximum atomic E-state index is 14.5. The van der Waals surface area contributed by atoms with Gasteiger partial charge in [-0.05, 0) is 60.2 Å². The highest BCUT2D eigenvalue weighted by molar-refractivity contribution is 5.85. The number of pyridine rings is 2. The smallest absolute Gasteiger partial charge is 0.196 e. The second-order valence-electron chi connectivity index (χ2n) is 7.42. The summed E-state index contributed by atoms with van der Waals surface area (Å²) in [7, 11) is 0. The van der Waals surface area contributed by atoms with E-state index < -0.39 is 17.5 Å². The van der Waals surface area contributed by atoms with E-state index in [9.17, 15) is 13.2 Å². The van der Waals surface area contributed by atoms with E-state index >= 15 is 0 Å². The van der Waals surface area contributed by atoms with E-state index in [0.29, 0.717) is 11.5 Å². The summed E-state index contributed by atoms with van der Waals surface area (Å²) >= 11 is 0. The van der Waals surface area contributed by atoms with Crippen molar-refractivity contribution in [1.82, 2.24) is 9.97 Å². The van der Waals surface area contributed by atoms with Crippen LogP contribution >= 0.6 is 0 Å². The van der Waals surface area contributed by atoms with Gasteiger partial charge in [-0.3, -0.25) is 4.98 Å². The van der Waals surface area contributed by atoms with Gasteiger partial charge in [0.15, 0.2) is 17.5 Å². The Hall–Kier alpha value is -3.67. The van der Waals surface area contributed by atoms with Gasteiger partial charge < -0.3 is 5.32 Å². The van der Waals surface area contributed by atoms with Gasteiger partial charge in [-0.15, -0.1) is 0 Å². The van der Waals surface area contributed by atoms with Gasteiger partial charge in [0.05, 0.1) is 17.1 Å². The van der Waals surface area contributed by atoms with Crippen LogP contribution in [0.25, 0.3) is 22.5 Å². The van der Waals surface area contributed by atoms with E-state index in [4.69, 9.17) is 4.98 Å². The van der Waals surface area contributed by atoms with Crippen LogP contribution in [-0.2, 0) is 12.8 Å². The van der Waals surface area contributed by atoms with Crippen LogP contribution in [0.4, 0.5) is 24.7 Å². The lowest BCUT2D eigenvalue weighted by molar-refractivity contribution is 0.449. The summed E-state index contributed by atoms with van der Waals surface area (Å²) in [4.78, 5) is 9.27. The number of anilines is 2. The maximum Gasteiger partial charge on any atom is 0.196 e.